The zero-order valence-electron chi connectivity index (χ0n) is 17.4. The molecule has 1 fully saturated rings. The smallest absolute Gasteiger partial charge is 0.283 e. The van der Waals surface area contributed by atoms with Crippen LogP contribution in [0.25, 0.3) is 0 Å². The van der Waals surface area contributed by atoms with Gasteiger partial charge in [-0.05, 0) is 61.9 Å². The lowest BCUT2D eigenvalue weighted by atomic mass is 10.1. The fourth-order valence-corrected chi connectivity index (χ4v) is 6.01. The third kappa shape index (κ3) is 5.25. The van der Waals surface area contributed by atoms with Gasteiger partial charge in [0.25, 0.3) is 11.6 Å². The highest BCUT2D eigenvalue weighted by atomic mass is 32.2. The monoisotopic (exact) mass is 463 g/mol. The first-order chi connectivity index (χ1) is 14.7. The molecule has 0 aromatic heterocycles. The number of anilines is 1. The summed E-state index contributed by atoms with van der Waals surface area (Å²) in [7, 11) is -3.59. The van der Waals surface area contributed by atoms with Crippen LogP contribution in [0.5, 0.6) is 0 Å². The third-order valence-electron chi connectivity index (χ3n) is 5.18. The molecule has 1 amide bonds. The van der Waals surface area contributed by atoms with Gasteiger partial charge in [0.15, 0.2) is 0 Å². The van der Waals surface area contributed by atoms with Crippen molar-refractivity contribution in [1.82, 2.24) is 4.31 Å². The van der Waals surface area contributed by atoms with E-state index in [9.17, 15) is 23.3 Å². The fourth-order valence-electron chi connectivity index (χ4n) is 3.56. The average molecular weight is 464 g/mol. The van der Waals surface area contributed by atoms with Gasteiger partial charge in [0.05, 0.1) is 14.7 Å². The molecular formula is C21H25N3O5S2. The van der Waals surface area contributed by atoms with Crippen molar-refractivity contribution in [3.63, 3.8) is 0 Å². The van der Waals surface area contributed by atoms with Crippen LogP contribution in [0, 0.1) is 10.1 Å². The van der Waals surface area contributed by atoms with Gasteiger partial charge in [0, 0.05) is 29.9 Å². The number of rotatable bonds is 7. The standard InChI is InChI=1S/C21H25N3O5S2/c1-3-30-20-12-7-16(14-19(20)24(26)27)21(25)22-17-8-10-18(11-9-17)31(28,29)23-13-5-4-6-15(23)2/h7-12,14-15H,3-6,13H2,1-2H3,(H,22,25). The largest absolute Gasteiger partial charge is 0.322 e. The van der Waals surface area contributed by atoms with Crippen molar-refractivity contribution in [2.75, 3.05) is 17.6 Å². The number of hydrogen-bond acceptors (Lipinski definition) is 6. The quantitative estimate of drug-likeness (QED) is 0.367. The van der Waals surface area contributed by atoms with Crippen LogP contribution in [0.3, 0.4) is 0 Å². The molecule has 3 rings (SSSR count). The molecule has 0 saturated carbocycles. The van der Waals surface area contributed by atoms with E-state index in [1.54, 1.807) is 6.07 Å². The molecule has 1 atom stereocenters. The third-order valence-corrected chi connectivity index (χ3v) is 8.15. The maximum atomic E-state index is 12.9. The highest BCUT2D eigenvalue weighted by molar-refractivity contribution is 7.99. The molecule has 10 heteroatoms. The lowest BCUT2D eigenvalue weighted by Gasteiger charge is -2.32. The first-order valence-corrected chi connectivity index (χ1v) is 12.5. The van der Waals surface area contributed by atoms with E-state index < -0.39 is 20.9 Å². The molecule has 1 heterocycles. The predicted molar refractivity (Wildman–Crippen MR) is 121 cm³/mol. The van der Waals surface area contributed by atoms with Crippen LogP contribution in [-0.4, -0.2) is 41.9 Å². The van der Waals surface area contributed by atoms with Gasteiger partial charge >= 0.3 is 0 Å². The summed E-state index contributed by atoms with van der Waals surface area (Å²) in [5, 5.41) is 14.0. The number of nitro benzene ring substituents is 1. The summed E-state index contributed by atoms with van der Waals surface area (Å²) in [5.74, 6) is 0.175. The van der Waals surface area contributed by atoms with Crippen molar-refractivity contribution in [2.45, 2.75) is 48.9 Å². The Hall–Kier alpha value is -2.43. The van der Waals surface area contributed by atoms with Gasteiger partial charge in [-0.2, -0.15) is 4.31 Å². The second kappa shape index (κ2) is 9.80. The molecule has 2 aromatic carbocycles. The zero-order chi connectivity index (χ0) is 22.6. The maximum absolute atomic E-state index is 12.9. The van der Waals surface area contributed by atoms with Crippen molar-refractivity contribution >= 4 is 39.1 Å². The van der Waals surface area contributed by atoms with Crippen LogP contribution in [0.4, 0.5) is 11.4 Å². The lowest BCUT2D eigenvalue weighted by Crippen LogP contribution is -2.41. The van der Waals surface area contributed by atoms with E-state index >= 15 is 0 Å². The molecule has 1 aliphatic rings. The molecular weight excluding hydrogens is 438 g/mol. The Morgan fingerprint density at radius 2 is 1.94 bits per heavy atom. The van der Waals surface area contributed by atoms with Gasteiger partial charge in [-0.25, -0.2) is 8.42 Å². The molecule has 0 aliphatic carbocycles. The Balaban J connectivity index is 1.76. The number of benzene rings is 2. The second-order valence-electron chi connectivity index (χ2n) is 7.31. The summed E-state index contributed by atoms with van der Waals surface area (Å²) >= 11 is 1.34. The normalized spacial score (nSPS) is 17.3. The number of nitrogens with one attached hydrogen (secondary N) is 1. The van der Waals surface area contributed by atoms with E-state index in [0.29, 0.717) is 22.9 Å². The summed E-state index contributed by atoms with van der Waals surface area (Å²) in [6.07, 6.45) is 2.71. The van der Waals surface area contributed by atoms with Crippen molar-refractivity contribution in [1.29, 1.82) is 0 Å². The van der Waals surface area contributed by atoms with Crippen LogP contribution < -0.4 is 5.32 Å². The minimum absolute atomic E-state index is 0.0391. The maximum Gasteiger partial charge on any atom is 0.283 e. The SMILES string of the molecule is CCSc1ccc(C(=O)Nc2ccc(S(=O)(=O)N3CCCCC3C)cc2)cc1[N+](=O)[O-]. The van der Waals surface area contributed by atoms with Gasteiger partial charge in [-0.3, -0.25) is 14.9 Å². The number of piperidine rings is 1. The molecule has 8 nitrogen and oxygen atoms in total. The number of thioether (sulfide) groups is 1. The molecule has 31 heavy (non-hydrogen) atoms. The van der Waals surface area contributed by atoms with Gasteiger partial charge in [-0.15, -0.1) is 11.8 Å². The number of sulfonamides is 1. The first-order valence-electron chi connectivity index (χ1n) is 10.1. The number of amides is 1. The van der Waals surface area contributed by atoms with E-state index in [1.807, 2.05) is 13.8 Å². The van der Waals surface area contributed by atoms with Crippen molar-refractivity contribution in [3.05, 3.63) is 58.1 Å². The topological polar surface area (TPSA) is 110 Å². The van der Waals surface area contributed by atoms with Gasteiger partial charge in [-0.1, -0.05) is 13.3 Å². The summed E-state index contributed by atoms with van der Waals surface area (Å²) in [6.45, 7) is 4.31. The van der Waals surface area contributed by atoms with Crippen LogP contribution >= 0.6 is 11.8 Å². The highest BCUT2D eigenvalue weighted by Gasteiger charge is 2.30. The molecule has 1 aliphatic heterocycles. The Bertz CT molecular complexity index is 1070. The fraction of sp³-hybridized carbons (Fsp3) is 0.381. The Kier molecular flexibility index (Phi) is 7.34. The second-order valence-corrected chi connectivity index (χ2v) is 10.5. The summed E-state index contributed by atoms with van der Waals surface area (Å²) in [5.41, 5.74) is 0.452. The molecule has 0 radical (unpaired) electrons. The van der Waals surface area contributed by atoms with Crippen molar-refractivity contribution in [2.24, 2.45) is 0 Å². The number of nitrogens with zero attached hydrogens (tertiary/aromatic N) is 2. The minimum atomic E-state index is -3.59. The summed E-state index contributed by atoms with van der Waals surface area (Å²) < 4.78 is 27.4. The van der Waals surface area contributed by atoms with Crippen LogP contribution in [0.1, 0.15) is 43.5 Å². The van der Waals surface area contributed by atoms with E-state index in [-0.39, 0.29) is 22.2 Å². The molecule has 1 unspecified atom stereocenters. The van der Waals surface area contributed by atoms with Crippen LogP contribution in [0.15, 0.2) is 52.3 Å². The highest BCUT2D eigenvalue weighted by Crippen LogP contribution is 2.30. The van der Waals surface area contributed by atoms with Gasteiger partial charge < -0.3 is 5.32 Å². The molecule has 1 saturated heterocycles. The molecule has 166 valence electrons. The van der Waals surface area contributed by atoms with Crippen LogP contribution in [0.2, 0.25) is 0 Å². The average Bonchev–Trinajstić information content (AvgIpc) is 2.74. The molecule has 0 bridgehead atoms. The van der Waals surface area contributed by atoms with Gasteiger partial charge in [0.1, 0.15) is 0 Å². The van der Waals surface area contributed by atoms with E-state index in [0.717, 1.165) is 19.3 Å². The Morgan fingerprint density at radius 3 is 2.55 bits per heavy atom. The molecule has 0 spiro atoms. The summed E-state index contributed by atoms with van der Waals surface area (Å²) in [6, 6.07) is 10.3. The number of nitro groups is 1. The van der Waals surface area contributed by atoms with E-state index in [1.165, 1.54) is 52.5 Å². The Morgan fingerprint density at radius 1 is 1.23 bits per heavy atom. The molecule has 2 aromatic rings. The van der Waals surface area contributed by atoms with Crippen molar-refractivity contribution in [3.8, 4) is 0 Å². The zero-order valence-corrected chi connectivity index (χ0v) is 19.0. The molecule has 1 N–H and O–H groups in total. The lowest BCUT2D eigenvalue weighted by molar-refractivity contribution is -0.387. The summed E-state index contributed by atoms with van der Waals surface area (Å²) in [4.78, 5) is 24.1. The van der Waals surface area contributed by atoms with Crippen LogP contribution in [-0.2, 0) is 10.0 Å². The van der Waals surface area contributed by atoms with E-state index in [2.05, 4.69) is 5.32 Å². The number of hydrogen-bond donors (Lipinski definition) is 1. The minimum Gasteiger partial charge on any atom is -0.322 e. The number of carbonyl (C=O) groups excluding carboxylic acids is 1. The number of carbonyl (C=O) groups is 1. The first kappa shape index (κ1) is 23.2. The van der Waals surface area contributed by atoms with Crippen molar-refractivity contribution < 1.29 is 18.1 Å². The van der Waals surface area contributed by atoms with Gasteiger partial charge in [0.2, 0.25) is 10.0 Å². The Labute approximate surface area is 186 Å². The van der Waals surface area contributed by atoms with E-state index in [4.69, 9.17) is 0 Å². The predicted octanol–water partition coefficient (Wildman–Crippen LogP) is 4.52.